The molecule has 9 heteroatoms. The van der Waals surface area contributed by atoms with Gasteiger partial charge in [0.2, 0.25) is 0 Å². The van der Waals surface area contributed by atoms with E-state index in [0.717, 1.165) is 0 Å². The van der Waals surface area contributed by atoms with E-state index in [4.69, 9.17) is 35.8 Å². The van der Waals surface area contributed by atoms with Crippen LogP contribution in [0.1, 0.15) is 26.3 Å². The van der Waals surface area contributed by atoms with Crippen molar-refractivity contribution in [3.63, 3.8) is 0 Å². The Morgan fingerprint density at radius 1 is 0.941 bits per heavy atom. The van der Waals surface area contributed by atoms with Crippen LogP contribution < -0.4 is 19.5 Å². The lowest BCUT2D eigenvalue weighted by molar-refractivity contribution is 0.0451. The molecular weight excluding hydrogens is 460 g/mol. The monoisotopic (exact) mass is 480 g/mol. The number of anilines is 1. The van der Waals surface area contributed by atoms with E-state index in [9.17, 15) is 9.59 Å². The Labute approximate surface area is 201 Å². The number of nitrogens with one attached hydrogen (secondary N) is 1. The highest BCUT2D eigenvalue weighted by atomic mass is 35.5. The van der Waals surface area contributed by atoms with Crippen molar-refractivity contribution in [1.29, 1.82) is 5.26 Å². The topological polar surface area (TPSA) is 107 Å². The average molecular weight is 481 g/mol. The van der Waals surface area contributed by atoms with E-state index in [2.05, 4.69) is 5.32 Å². The van der Waals surface area contributed by atoms with Crippen molar-refractivity contribution in [3.05, 3.63) is 82.4 Å². The number of methoxy groups -OCH3 is 2. The minimum Gasteiger partial charge on any atom is -0.493 e. The summed E-state index contributed by atoms with van der Waals surface area (Å²) in [7, 11) is 2.87. The van der Waals surface area contributed by atoms with E-state index < -0.39 is 11.9 Å². The van der Waals surface area contributed by atoms with Gasteiger partial charge in [0.15, 0.2) is 11.5 Å². The number of hydrogen-bond acceptors (Lipinski definition) is 7. The third-order valence-electron chi connectivity index (χ3n) is 4.68. The maximum Gasteiger partial charge on any atom is 0.340 e. The predicted octanol–water partition coefficient (Wildman–Crippen LogP) is 4.72. The molecule has 0 atom stereocenters. The fraction of sp³-hybridized carbons (Fsp3) is 0.160. The number of rotatable bonds is 9. The first-order chi connectivity index (χ1) is 16.5. The highest BCUT2D eigenvalue weighted by molar-refractivity contribution is 6.34. The zero-order valence-electron chi connectivity index (χ0n) is 18.5. The minimum atomic E-state index is -0.696. The molecule has 1 amide bonds. The smallest absolute Gasteiger partial charge is 0.340 e. The number of amides is 1. The van der Waals surface area contributed by atoms with Crippen molar-refractivity contribution in [3.8, 4) is 23.3 Å². The Kier molecular flexibility index (Phi) is 8.32. The SMILES string of the molecule is COc1cc(NC(=O)c2ccccc2Cl)c(C(=O)OCCOc2ccc(C#N)cc2)cc1OC. The van der Waals surface area contributed by atoms with Gasteiger partial charge in [-0.1, -0.05) is 23.7 Å². The summed E-state index contributed by atoms with van der Waals surface area (Å²) in [4.78, 5) is 25.6. The second-order valence-corrected chi connectivity index (χ2v) is 7.21. The van der Waals surface area contributed by atoms with Crippen molar-refractivity contribution in [2.24, 2.45) is 0 Å². The van der Waals surface area contributed by atoms with Crippen LogP contribution in [0.4, 0.5) is 5.69 Å². The number of ether oxygens (including phenoxy) is 4. The lowest BCUT2D eigenvalue weighted by atomic mass is 10.1. The molecule has 3 aromatic rings. The normalized spacial score (nSPS) is 10.1. The van der Waals surface area contributed by atoms with Gasteiger partial charge < -0.3 is 24.3 Å². The van der Waals surface area contributed by atoms with E-state index in [0.29, 0.717) is 22.8 Å². The third-order valence-corrected chi connectivity index (χ3v) is 5.01. The number of nitriles is 1. The van der Waals surface area contributed by atoms with Crippen LogP contribution >= 0.6 is 11.6 Å². The van der Waals surface area contributed by atoms with E-state index in [1.807, 2.05) is 6.07 Å². The van der Waals surface area contributed by atoms with Crippen LogP contribution in [-0.4, -0.2) is 39.3 Å². The van der Waals surface area contributed by atoms with Crippen LogP contribution in [0.5, 0.6) is 17.2 Å². The maximum atomic E-state index is 12.8. The zero-order chi connectivity index (χ0) is 24.5. The molecule has 0 saturated carbocycles. The summed E-state index contributed by atoms with van der Waals surface area (Å²) >= 11 is 6.12. The van der Waals surface area contributed by atoms with Gasteiger partial charge in [-0.05, 0) is 36.4 Å². The number of halogens is 1. The highest BCUT2D eigenvalue weighted by Gasteiger charge is 2.21. The van der Waals surface area contributed by atoms with Gasteiger partial charge in [0.05, 0.1) is 47.7 Å². The highest BCUT2D eigenvalue weighted by Crippen LogP contribution is 2.34. The van der Waals surface area contributed by atoms with Crippen molar-refractivity contribution in [1.82, 2.24) is 0 Å². The van der Waals surface area contributed by atoms with Gasteiger partial charge >= 0.3 is 5.97 Å². The van der Waals surface area contributed by atoms with Gasteiger partial charge in [0.1, 0.15) is 19.0 Å². The quantitative estimate of drug-likeness (QED) is 0.349. The van der Waals surface area contributed by atoms with Crippen LogP contribution in [0.2, 0.25) is 5.02 Å². The van der Waals surface area contributed by atoms with Gasteiger partial charge in [0, 0.05) is 12.1 Å². The van der Waals surface area contributed by atoms with Crippen LogP contribution in [0.15, 0.2) is 60.7 Å². The van der Waals surface area contributed by atoms with Gasteiger partial charge in [-0.25, -0.2) is 4.79 Å². The first-order valence-corrected chi connectivity index (χ1v) is 10.5. The molecule has 0 saturated heterocycles. The first kappa shape index (κ1) is 24.4. The van der Waals surface area contributed by atoms with E-state index in [-0.39, 0.29) is 35.1 Å². The van der Waals surface area contributed by atoms with Gasteiger partial charge in [-0.15, -0.1) is 0 Å². The summed E-state index contributed by atoms with van der Waals surface area (Å²) in [5.41, 5.74) is 0.990. The van der Waals surface area contributed by atoms with E-state index >= 15 is 0 Å². The second-order valence-electron chi connectivity index (χ2n) is 6.81. The molecule has 0 aliphatic carbocycles. The fourth-order valence-electron chi connectivity index (χ4n) is 2.98. The van der Waals surface area contributed by atoms with Crippen LogP contribution in [0.3, 0.4) is 0 Å². The zero-order valence-corrected chi connectivity index (χ0v) is 19.2. The number of hydrogen-bond donors (Lipinski definition) is 1. The molecule has 3 rings (SSSR count). The predicted molar refractivity (Wildman–Crippen MR) is 126 cm³/mol. The van der Waals surface area contributed by atoms with E-state index in [1.165, 1.54) is 26.4 Å². The molecule has 0 radical (unpaired) electrons. The Morgan fingerprint density at radius 2 is 1.62 bits per heavy atom. The van der Waals surface area contributed by atoms with Gasteiger partial charge in [0.25, 0.3) is 5.91 Å². The lowest BCUT2D eigenvalue weighted by Gasteiger charge is -2.16. The molecule has 0 aromatic heterocycles. The average Bonchev–Trinajstić information content (AvgIpc) is 2.86. The summed E-state index contributed by atoms with van der Waals surface area (Å²) in [6, 6.07) is 18.0. The molecule has 0 fully saturated rings. The molecule has 0 spiro atoms. The van der Waals surface area contributed by atoms with Crippen molar-refractivity contribution >= 4 is 29.2 Å². The van der Waals surface area contributed by atoms with Crippen molar-refractivity contribution in [2.75, 3.05) is 32.8 Å². The molecule has 0 aliphatic rings. The first-order valence-electron chi connectivity index (χ1n) is 10.1. The molecule has 0 unspecified atom stereocenters. The molecule has 0 aliphatic heterocycles. The van der Waals surface area contributed by atoms with Crippen LogP contribution in [0, 0.1) is 11.3 Å². The summed E-state index contributed by atoms with van der Waals surface area (Å²) in [5, 5.41) is 11.8. The number of carbonyl (C=O) groups excluding carboxylic acids is 2. The van der Waals surface area contributed by atoms with Crippen molar-refractivity contribution < 1.29 is 28.5 Å². The summed E-state index contributed by atoms with van der Waals surface area (Å²) < 4.78 is 21.4. The molecular formula is C25H21ClN2O6. The Bertz CT molecular complexity index is 1220. The molecule has 174 valence electrons. The third kappa shape index (κ3) is 5.97. The van der Waals surface area contributed by atoms with Gasteiger partial charge in [-0.3, -0.25) is 4.79 Å². The minimum absolute atomic E-state index is 0.0505. The van der Waals surface area contributed by atoms with Crippen LogP contribution in [-0.2, 0) is 4.74 Å². The lowest BCUT2D eigenvalue weighted by Crippen LogP contribution is -2.18. The second kappa shape index (κ2) is 11.6. The maximum absolute atomic E-state index is 12.8. The van der Waals surface area contributed by atoms with Crippen LogP contribution in [0.25, 0.3) is 0 Å². The molecule has 34 heavy (non-hydrogen) atoms. The molecule has 8 nitrogen and oxygen atoms in total. The number of esters is 1. The fourth-order valence-corrected chi connectivity index (χ4v) is 3.21. The van der Waals surface area contributed by atoms with Crippen molar-refractivity contribution in [2.45, 2.75) is 0 Å². The number of nitrogens with zero attached hydrogens (tertiary/aromatic N) is 1. The molecule has 0 bridgehead atoms. The Morgan fingerprint density at radius 3 is 2.26 bits per heavy atom. The van der Waals surface area contributed by atoms with Gasteiger partial charge in [-0.2, -0.15) is 5.26 Å². The molecule has 3 aromatic carbocycles. The largest absolute Gasteiger partial charge is 0.493 e. The summed E-state index contributed by atoms with van der Waals surface area (Å²) in [6.07, 6.45) is 0. The number of benzene rings is 3. The molecule has 0 heterocycles. The Balaban J connectivity index is 1.74. The standard InChI is InChI=1S/C25H21ClN2O6/c1-31-22-13-19(25(30)34-12-11-33-17-9-7-16(15-27)8-10-17)21(14-23(22)32-2)28-24(29)18-5-3-4-6-20(18)26/h3-10,13-14H,11-12H2,1-2H3,(H,28,29). The molecule has 1 N–H and O–H groups in total. The summed E-state index contributed by atoms with van der Waals surface area (Å²) in [5.74, 6) is -0.0552. The summed E-state index contributed by atoms with van der Waals surface area (Å²) in [6.45, 7) is 0.0390. The Hall–Kier alpha value is -4.22. The number of carbonyl (C=O) groups is 2. The van der Waals surface area contributed by atoms with E-state index in [1.54, 1.807) is 48.5 Å².